The standard InChI is InChI=1S/C18H29ClS2/c1-2-3-8-15-13-16(9-4-6-11-20)17(18(19)14-15)10-5-7-12-21/h13-14,20-21H,2-12H2,1H3. The zero-order valence-corrected chi connectivity index (χ0v) is 15.8. The van der Waals surface area contributed by atoms with Crippen molar-refractivity contribution in [1.82, 2.24) is 0 Å². The Balaban J connectivity index is 2.85. The van der Waals surface area contributed by atoms with Crippen LogP contribution in [0.2, 0.25) is 5.02 Å². The first-order valence-corrected chi connectivity index (χ1v) is 9.89. The summed E-state index contributed by atoms with van der Waals surface area (Å²) in [4.78, 5) is 0. The van der Waals surface area contributed by atoms with E-state index >= 15 is 0 Å². The first kappa shape index (κ1) is 19.3. The Kier molecular flexibility index (Phi) is 10.8. The van der Waals surface area contributed by atoms with Crippen molar-refractivity contribution in [3.8, 4) is 0 Å². The number of rotatable bonds is 11. The van der Waals surface area contributed by atoms with Crippen LogP contribution >= 0.6 is 36.9 Å². The number of thiol groups is 2. The largest absolute Gasteiger partial charge is 0.179 e. The summed E-state index contributed by atoms with van der Waals surface area (Å²) in [5.74, 6) is 1.93. The molecule has 0 aliphatic carbocycles. The van der Waals surface area contributed by atoms with Crippen molar-refractivity contribution in [2.24, 2.45) is 0 Å². The van der Waals surface area contributed by atoms with Crippen LogP contribution in [0.3, 0.4) is 0 Å². The topological polar surface area (TPSA) is 0 Å². The van der Waals surface area contributed by atoms with Crippen molar-refractivity contribution < 1.29 is 0 Å². The molecule has 3 heteroatoms. The molecule has 0 atom stereocenters. The Bertz CT molecular complexity index is 404. The number of unbranched alkanes of at least 4 members (excludes halogenated alkanes) is 3. The number of benzene rings is 1. The van der Waals surface area contributed by atoms with E-state index in [2.05, 4.69) is 44.3 Å². The lowest BCUT2D eigenvalue weighted by Gasteiger charge is -2.14. The summed E-state index contributed by atoms with van der Waals surface area (Å²) in [7, 11) is 0. The molecule has 0 aliphatic heterocycles. The average Bonchev–Trinajstić information content (AvgIpc) is 2.48. The number of hydrogen-bond acceptors (Lipinski definition) is 2. The molecule has 21 heavy (non-hydrogen) atoms. The minimum absolute atomic E-state index is 0.960. The molecule has 1 aromatic carbocycles. The summed E-state index contributed by atoms with van der Waals surface area (Å²) in [6.07, 6.45) is 10.6. The van der Waals surface area contributed by atoms with E-state index in [1.54, 1.807) is 0 Å². The lowest BCUT2D eigenvalue weighted by atomic mass is 9.94. The van der Waals surface area contributed by atoms with Crippen LogP contribution < -0.4 is 0 Å². The van der Waals surface area contributed by atoms with Gasteiger partial charge in [-0.05, 0) is 85.6 Å². The van der Waals surface area contributed by atoms with Crippen LogP contribution in [0, 0.1) is 0 Å². The van der Waals surface area contributed by atoms with Gasteiger partial charge in [0.05, 0.1) is 0 Å². The van der Waals surface area contributed by atoms with Crippen molar-refractivity contribution in [2.75, 3.05) is 11.5 Å². The Morgan fingerprint density at radius 1 is 0.857 bits per heavy atom. The summed E-state index contributed by atoms with van der Waals surface area (Å²) in [5.41, 5.74) is 4.24. The fourth-order valence-corrected chi connectivity index (χ4v) is 3.43. The summed E-state index contributed by atoms with van der Waals surface area (Å²) in [6, 6.07) is 4.59. The van der Waals surface area contributed by atoms with Crippen LogP contribution in [0.5, 0.6) is 0 Å². The highest BCUT2D eigenvalue weighted by molar-refractivity contribution is 7.80. The first-order valence-electron chi connectivity index (χ1n) is 8.24. The molecule has 0 N–H and O–H groups in total. The van der Waals surface area contributed by atoms with Gasteiger partial charge in [-0.3, -0.25) is 0 Å². The third-order valence-electron chi connectivity index (χ3n) is 3.86. The van der Waals surface area contributed by atoms with Gasteiger partial charge in [0, 0.05) is 5.02 Å². The number of halogens is 1. The highest BCUT2D eigenvalue weighted by Gasteiger charge is 2.10. The van der Waals surface area contributed by atoms with Crippen molar-refractivity contribution in [1.29, 1.82) is 0 Å². The monoisotopic (exact) mass is 344 g/mol. The van der Waals surface area contributed by atoms with Gasteiger partial charge in [-0.2, -0.15) is 25.3 Å². The highest BCUT2D eigenvalue weighted by atomic mass is 35.5. The van der Waals surface area contributed by atoms with Crippen LogP contribution in [0.4, 0.5) is 0 Å². The van der Waals surface area contributed by atoms with Crippen molar-refractivity contribution in [3.63, 3.8) is 0 Å². The number of hydrogen-bond donors (Lipinski definition) is 2. The van der Waals surface area contributed by atoms with Gasteiger partial charge in [0.15, 0.2) is 0 Å². The van der Waals surface area contributed by atoms with Crippen LogP contribution in [-0.4, -0.2) is 11.5 Å². The molecule has 1 aromatic rings. The molecule has 0 aliphatic rings. The van der Waals surface area contributed by atoms with E-state index in [0.717, 1.165) is 42.2 Å². The van der Waals surface area contributed by atoms with Crippen molar-refractivity contribution in [3.05, 3.63) is 33.8 Å². The first-order chi connectivity index (χ1) is 10.2. The molecule has 0 fully saturated rings. The maximum absolute atomic E-state index is 6.57. The van der Waals surface area contributed by atoms with Crippen LogP contribution in [0.15, 0.2) is 12.1 Å². The van der Waals surface area contributed by atoms with E-state index in [-0.39, 0.29) is 0 Å². The van der Waals surface area contributed by atoms with Gasteiger partial charge >= 0.3 is 0 Å². The van der Waals surface area contributed by atoms with E-state index in [1.165, 1.54) is 48.8 Å². The second-order valence-corrected chi connectivity index (χ2v) is 6.98. The van der Waals surface area contributed by atoms with Gasteiger partial charge in [-0.25, -0.2) is 0 Å². The molecule has 1 rings (SSSR count). The van der Waals surface area contributed by atoms with Gasteiger partial charge in [-0.15, -0.1) is 0 Å². The van der Waals surface area contributed by atoms with E-state index < -0.39 is 0 Å². The minimum atomic E-state index is 0.960. The fourth-order valence-electron chi connectivity index (χ4n) is 2.62. The maximum Gasteiger partial charge on any atom is 0.0443 e. The smallest absolute Gasteiger partial charge is 0.0443 e. The zero-order valence-electron chi connectivity index (χ0n) is 13.2. The second-order valence-electron chi connectivity index (χ2n) is 5.68. The molecular weight excluding hydrogens is 316 g/mol. The molecule has 0 spiro atoms. The fraction of sp³-hybridized carbons (Fsp3) is 0.667. The van der Waals surface area contributed by atoms with E-state index in [0.29, 0.717) is 0 Å². The lowest BCUT2D eigenvalue weighted by Crippen LogP contribution is -2.00. The molecule has 0 radical (unpaired) electrons. The molecule has 0 saturated heterocycles. The molecule has 0 aromatic heterocycles. The molecule has 0 nitrogen and oxygen atoms in total. The Labute approximate surface area is 146 Å². The van der Waals surface area contributed by atoms with Crippen LogP contribution in [-0.2, 0) is 19.3 Å². The summed E-state index contributed by atoms with van der Waals surface area (Å²) in [6.45, 7) is 2.24. The molecule has 120 valence electrons. The third kappa shape index (κ3) is 7.34. The number of aryl methyl sites for hydroxylation is 2. The van der Waals surface area contributed by atoms with Crippen molar-refractivity contribution >= 4 is 36.9 Å². The Morgan fingerprint density at radius 3 is 2.14 bits per heavy atom. The zero-order chi connectivity index (χ0) is 15.5. The molecule has 0 saturated carbocycles. The van der Waals surface area contributed by atoms with Crippen LogP contribution in [0.25, 0.3) is 0 Å². The quantitative estimate of drug-likeness (QED) is 0.347. The second kappa shape index (κ2) is 11.7. The summed E-state index contributed by atoms with van der Waals surface area (Å²) >= 11 is 15.2. The molecule has 0 bridgehead atoms. The van der Waals surface area contributed by atoms with E-state index in [1.807, 2.05) is 0 Å². The Hall–Kier alpha value is 0.210. The van der Waals surface area contributed by atoms with E-state index in [9.17, 15) is 0 Å². The highest BCUT2D eigenvalue weighted by Crippen LogP contribution is 2.27. The maximum atomic E-state index is 6.57. The summed E-state index contributed by atoms with van der Waals surface area (Å²) < 4.78 is 0. The lowest BCUT2D eigenvalue weighted by molar-refractivity contribution is 0.758. The third-order valence-corrected chi connectivity index (χ3v) is 4.83. The van der Waals surface area contributed by atoms with Gasteiger partial charge in [0.2, 0.25) is 0 Å². The molecular formula is C18H29ClS2. The van der Waals surface area contributed by atoms with Gasteiger partial charge < -0.3 is 0 Å². The minimum Gasteiger partial charge on any atom is -0.179 e. The Morgan fingerprint density at radius 2 is 1.52 bits per heavy atom. The van der Waals surface area contributed by atoms with Gasteiger partial charge in [0.25, 0.3) is 0 Å². The predicted molar refractivity (Wildman–Crippen MR) is 104 cm³/mol. The molecule has 0 heterocycles. The predicted octanol–water partition coefficient (Wildman–Crippen LogP) is 6.19. The molecule has 0 unspecified atom stereocenters. The average molecular weight is 345 g/mol. The van der Waals surface area contributed by atoms with E-state index in [4.69, 9.17) is 11.6 Å². The van der Waals surface area contributed by atoms with Crippen LogP contribution in [0.1, 0.15) is 62.1 Å². The van der Waals surface area contributed by atoms with Gasteiger partial charge in [0.1, 0.15) is 0 Å². The van der Waals surface area contributed by atoms with Gasteiger partial charge in [-0.1, -0.05) is 31.0 Å². The summed E-state index contributed by atoms with van der Waals surface area (Å²) in [5, 5.41) is 0.976. The van der Waals surface area contributed by atoms with Crippen molar-refractivity contribution in [2.45, 2.75) is 64.7 Å². The normalized spacial score (nSPS) is 11.0. The molecule has 0 amide bonds. The SMILES string of the molecule is CCCCc1cc(Cl)c(CCCCS)c(CCCCS)c1.